The van der Waals surface area contributed by atoms with E-state index in [4.69, 9.17) is 9.47 Å². The number of rotatable bonds is 11. The average molecular weight is 507 g/mol. The van der Waals surface area contributed by atoms with Crippen LogP contribution in [0.2, 0.25) is 0 Å². The SMILES string of the molecule is CCOc1cc(C=NNC(=O)CC(=O)Nc2ccc(C)cc2)ccc1OCC(=O)Nc1ccccc1F. The first-order valence-electron chi connectivity index (χ1n) is 11.5. The van der Waals surface area contributed by atoms with Gasteiger partial charge in [-0.2, -0.15) is 5.10 Å². The highest BCUT2D eigenvalue weighted by molar-refractivity contribution is 6.03. The molecule has 0 heterocycles. The largest absolute Gasteiger partial charge is 0.490 e. The maximum Gasteiger partial charge on any atom is 0.262 e. The Kier molecular flexibility index (Phi) is 9.72. The van der Waals surface area contributed by atoms with Crippen LogP contribution >= 0.6 is 0 Å². The minimum atomic E-state index is -0.577. The smallest absolute Gasteiger partial charge is 0.262 e. The van der Waals surface area contributed by atoms with Gasteiger partial charge in [0, 0.05) is 5.69 Å². The van der Waals surface area contributed by atoms with Crippen molar-refractivity contribution in [3.63, 3.8) is 0 Å². The molecule has 3 rings (SSSR count). The Morgan fingerprint density at radius 3 is 2.38 bits per heavy atom. The zero-order chi connectivity index (χ0) is 26.6. The van der Waals surface area contributed by atoms with Crippen LogP contribution in [0.3, 0.4) is 0 Å². The van der Waals surface area contributed by atoms with Crippen molar-refractivity contribution in [3.8, 4) is 11.5 Å². The number of hydrazone groups is 1. The van der Waals surface area contributed by atoms with Crippen molar-refractivity contribution in [2.45, 2.75) is 20.3 Å². The number of carbonyl (C=O) groups is 3. The molecule has 0 saturated heterocycles. The molecule has 0 fully saturated rings. The number of nitrogens with one attached hydrogen (secondary N) is 3. The van der Waals surface area contributed by atoms with Crippen LogP contribution in [0.4, 0.5) is 15.8 Å². The molecule has 192 valence electrons. The third-order valence-electron chi connectivity index (χ3n) is 4.83. The number of para-hydroxylation sites is 1. The zero-order valence-electron chi connectivity index (χ0n) is 20.4. The highest BCUT2D eigenvalue weighted by Crippen LogP contribution is 2.28. The van der Waals surface area contributed by atoms with Crippen LogP contribution in [0.1, 0.15) is 24.5 Å². The van der Waals surface area contributed by atoms with Crippen molar-refractivity contribution in [1.29, 1.82) is 0 Å². The monoisotopic (exact) mass is 506 g/mol. The summed E-state index contributed by atoms with van der Waals surface area (Å²) in [5.41, 5.74) is 4.60. The molecule has 3 aromatic rings. The van der Waals surface area contributed by atoms with Crippen molar-refractivity contribution in [2.24, 2.45) is 5.10 Å². The van der Waals surface area contributed by atoms with Gasteiger partial charge < -0.3 is 20.1 Å². The number of hydrogen-bond donors (Lipinski definition) is 3. The summed E-state index contributed by atoms with van der Waals surface area (Å²) in [4.78, 5) is 36.2. The van der Waals surface area contributed by atoms with Gasteiger partial charge in [0.1, 0.15) is 12.2 Å². The molecule has 0 unspecified atom stereocenters. The Morgan fingerprint density at radius 1 is 0.892 bits per heavy atom. The Balaban J connectivity index is 1.51. The maximum atomic E-state index is 13.7. The molecule has 37 heavy (non-hydrogen) atoms. The molecule has 3 N–H and O–H groups in total. The zero-order valence-corrected chi connectivity index (χ0v) is 20.4. The van der Waals surface area contributed by atoms with Gasteiger partial charge in [-0.05, 0) is 61.9 Å². The summed E-state index contributed by atoms with van der Waals surface area (Å²) >= 11 is 0. The Morgan fingerprint density at radius 2 is 1.65 bits per heavy atom. The van der Waals surface area contributed by atoms with Gasteiger partial charge in [-0.15, -0.1) is 0 Å². The van der Waals surface area contributed by atoms with E-state index in [2.05, 4.69) is 21.2 Å². The van der Waals surface area contributed by atoms with Crippen molar-refractivity contribution in [2.75, 3.05) is 23.8 Å². The molecule has 0 aliphatic heterocycles. The van der Waals surface area contributed by atoms with E-state index in [-0.39, 0.29) is 12.3 Å². The second-order valence-corrected chi connectivity index (χ2v) is 7.84. The van der Waals surface area contributed by atoms with Crippen LogP contribution in [-0.4, -0.2) is 37.1 Å². The summed E-state index contributed by atoms with van der Waals surface area (Å²) in [6.45, 7) is 3.70. The van der Waals surface area contributed by atoms with Crippen LogP contribution in [0.25, 0.3) is 0 Å². The van der Waals surface area contributed by atoms with Crippen LogP contribution in [0.15, 0.2) is 71.8 Å². The van der Waals surface area contributed by atoms with Crippen molar-refractivity contribution >= 4 is 35.3 Å². The normalized spacial score (nSPS) is 10.6. The Hall–Kier alpha value is -4.73. The minimum Gasteiger partial charge on any atom is -0.490 e. The number of ether oxygens (including phenoxy) is 2. The molecule has 3 aromatic carbocycles. The van der Waals surface area contributed by atoms with E-state index in [0.29, 0.717) is 29.4 Å². The lowest BCUT2D eigenvalue weighted by Crippen LogP contribution is -2.24. The molecular weight excluding hydrogens is 479 g/mol. The fraction of sp³-hybridized carbons (Fsp3) is 0.185. The van der Waals surface area contributed by atoms with Crippen LogP contribution in [0.5, 0.6) is 11.5 Å². The van der Waals surface area contributed by atoms with Crippen molar-refractivity contribution in [3.05, 3.63) is 83.7 Å². The number of benzene rings is 3. The van der Waals surface area contributed by atoms with E-state index in [9.17, 15) is 18.8 Å². The molecule has 10 heteroatoms. The number of carbonyl (C=O) groups excluding carboxylic acids is 3. The summed E-state index contributed by atoms with van der Waals surface area (Å²) in [5, 5.41) is 8.96. The van der Waals surface area contributed by atoms with E-state index in [1.807, 2.05) is 19.1 Å². The van der Waals surface area contributed by atoms with E-state index in [1.165, 1.54) is 24.4 Å². The van der Waals surface area contributed by atoms with E-state index >= 15 is 0 Å². The van der Waals surface area contributed by atoms with Gasteiger partial charge in [0.05, 0.1) is 18.5 Å². The molecule has 0 atom stereocenters. The van der Waals surface area contributed by atoms with Gasteiger partial charge in [-0.3, -0.25) is 14.4 Å². The molecular formula is C27H27FN4O5. The van der Waals surface area contributed by atoms with Crippen LogP contribution in [0, 0.1) is 12.7 Å². The van der Waals surface area contributed by atoms with Gasteiger partial charge in [-0.1, -0.05) is 29.8 Å². The van der Waals surface area contributed by atoms with Gasteiger partial charge >= 0.3 is 0 Å². The van der Waals surface area contributed by atoms with Gasteiger partial charge in [0.25, 0.3) is 5.91 Å². The molecule has 3 amide bonds. The number of hydrogen-bond acceptors (Lipinski definition) is 6. The summed E-state index contributed by atoms with van der Waals surface area (Å²) in [7, 11) is 0. The topological polar surface area (TPSA) is 118 Å². The van der Waals surface area contributed by atoms with Gasteiger partial charge in [0.2, 0.25) is 11.8 Å². The van der Waals surface area contributed by atoms with Crippen LogP contribution < -0.4 is 25.5 Å². The Labute approximate surface area is 213 Å². The fourth-order valence-corrected chi connectivity index (χ4v) is 3.09. The lowest BCUT2D eigenvalue weighted by molar-refractivity contribution is -0.126. The van der Waals surface area contributed by atoms with Crippen LogP contribution in [-0.2, 0) is 14.4 Å². The van der Waals surface area contributed by atoms with Crippen molar-refractivity contribution in [1.82, 2.24) is 5.43 Å². The second-order valence-electron chi connectivity index (χ2n) is 7.84. The summed E-state index contributed by atoms with van der Waals surface area (Å²) in [6, 6.07) is 17.9. The molecule has 0 aromatic heterocycles. The number of aryl methyl sites for hydroxylation is 1. The number of amides is 3. The molecule has 9 nitrogen and oxygen atoms in total. The van der Waals surface area contributed by atoms with Gasteiger partial charge in [-0.25, -0.2) is 9.82 Å². The summed E-state index contributed by atoms with van der Waals surface area (Å²) in [5.74, 6) is -1.46. The second kappa shape index (κ2) is 13.4. The number of anilines is 2. The highest BCUT2D eigenvalue weighted by atomic mass is 19.1. The third kappa shape index (κ3) is 8.77. The molecule has 0 aliphatic carbocycles. The quantitative estimate of drug-likeness (QED) is 0.206. The van der Waals surface area contributed by atoms with Crippen molar-refractivity contribution < 1.29 is 28.2 Å². The standard InChI is InChI=1S/C27H27FN4O5/c1-3-36-24-14-19(10-13-23(24)37-17-27(35)31-22-7-5-4-6-21(22)28)16-29-32-26(34)15-25(33)30-20-11-8-18(2)9-12-20/h4-14,16H,3,15,17H2,1-2H3,(H,30,33)(H,31,35)(H,32,34). The first-order chi connectivity index (χ1) is 17.8. The van der Waals surface area contributed by atoms with E-state index in [0.717, 1.165) is 5.56 Å². The summed E-state index contributed by atoms with van der Waals surface area (Å²) in [6.07, 6.45) is 0.990. The third-order valence-corrected chi connectivity index (χ3v) is 4.83. The molecule has 0 bridgehead atoms. The van der Waals surface area contributed by atoms with Gasteiger partial charge in [0.15, 0.2) is 18.1 Å². The maximum absolute atomic E-state index is 13.7. The highest BCUT2D eigenvalue weighted by Gasteiger charge is 2.12. The lowest BCUT2D eigenvalue weighted by atomic mass is 10.2. The Bertz CT molecular complexity index is 1280. The number of nitrogens with zero attached hydrogens (tertiary/aromatic N) is 1. The lowest BCUT2D eigenvalue weighted by Gasteiger charge is -2.13. The number of halogens is 1. The first kappa shape index (κ1) is 26.9. The predicted molar refractivity (Wildman–Crippen MR) is 138 cm³/mol. The average Bonchev–Trinajstić information content (AvgIpc) is 2.86. The minimum absolute atomic E-state index is 0.0577. The fourth-order valence-electron chi connectivity index (χ4n) is 3.09. The van der Waals surface area contributed by atoms with E-state index in [1.54, 1.807) is 43.3 Å². The molecule has 0 aliphatic rings. The molecule has 0 saturated carbocycles. The first-order valence-corrected chi connectivity index (χ1v) is 11.5. The summed E-state index contributed by atoms with van der Waals surface area (Å²) < 4.78 is 24.8. The van der Waals surface area contributed by atoms with E-state index < -0.39 is 30.0 Å². The molecule has 0 radical (unpaired) electrons. The molecule has 0 spiro atoms. The predicted octanol–water partition coefficient (Wildman–Crippen LogP) is 4.03.